The van der Waals surface area contributed by atoms with E-state index < -0.39 is 10.0 Å². The summed E-state index contributed by atoms with van der Waals surface area (Å²) in [6.07, 6.45) is 2.23. The van der Waals surface area contributed by atoms with Gasteiger partial charge < -0.3 is 5.11 Å². The van der Waals surface area contributed by atoms with E-state index in [1.54, 1.807) is 6.92 Å². The van der Waals surface area contributed by atoms with Gasteiger partial charge in [-0.25, -0.2) is 8.42 Å². The van der Waals surface area contributed by atoms with Gasteiger partial charge in [0.25, 0.3) is 0 Å². The smallest absolute Gasteiger partial charge is 0.214 e. The lowest BCUT2D eigenvalue weighted by atomic mass is 10.1. The molecule has 96 valence electrons. The summed E-state index contributed by atoms with van der Waals surface area (Å²) in [5.74, 6) is 0.766. The van der Waals surface area contributed by atoms with E-state index in [0.29, 0.717) is 12.5 Å². The number of nitrogens with zero attached hydrogens (tertiary/aromatic N) is 1. The first-order chi connectivity index (χ1) is 7.42. The van der Waals surface area contributed by atoms with Gasteiger partial charge in [0, 0.05) is 6.54 Å². The summed E-state index contributed by atoms with van der Waals surface area (Å²) < 4.78 is 25.5. The standard InChI is InChI=1S/C11H23NO3S/c1-4-16(14,15)12(7-10-5-6-10)11(8-13)9(2)3/h9-11,13H,4-8H2,1-3H3/t11-/m0/s1. The third kappa shape index (κ3) is 3.43. The molecule has 0 saturated heterocycles. The first-order valence-electron chi connectivity index (χ1n) is 6.02. The molecule has 1 fully saturated rings. The van der Waals surface area contributed by atoms with E-state index in [9.17, 15) is 13.5 Å². The highest BCUT2D eigenvalue weighted by molar-refractivity contribution is 7.89. The molecule has 4 nitrogen and oxygen atoms in total. The number of sulfonamides is 1. The normalized spacial score (nSPS) is 19.4. The Bertz CT molecular complexity index is 309. The molecule has 0 aromatic rings. The van der Waals surface area contributed by atoms with Crippen LogP contribution in [0.4, 0.5) is 0 Å². The molecule has 1 atom stereocenters. The maximum absolute atomic E-state index is 12.0. The van der Waals surface area contributed by atoms with Crippen LogP contribution >= 0.6 is 0 Å². The highest BCUT2D eigenvalue weighted by Crippen LogP contribution is 2.32. The Labute approximate surface area is 98.7 Å². The first-order valence-corrected chi connectivity index (χ1v) is 7.63. The molecular weight excluding hydrogens is 226 g/mol. The van der Waals surface area contributed by atoms with E-state index >= 15 is 0 Å². The molecule has 0 bridgehead atoms. The molecule has 0 heterocycles. The van der Waals surface area contributed by atoms with Crippen LogP contribution in [0.3, 0.4) is 0 Å². The van der Waals surface area contributed by atoms with Crippen LogP contribution in [-0.4, -0.2) is 42.8 Å². The summed E-state index contributed by atoms with van der Waals surface area (Å²) in [4.78, 5) is 0. The van der Waals surface area contributed by atoms with Crippen LogP contribution in [0.15, 0.2) is 0 Å². The van der Waals surface area contributed by atoms with Gasteiger partial charge in [-0.3, -0.25) is 0 Å². The minimum atomic E-state index is -3.20. The van der Waals surface area contributed by atoms with Crippen molar-refractivity contribution in [2.45, 2.75) is 39.7 Å². The Morgan fingerprint density at radius 1 is 1.38 bits per heavy atom. The van der Waals surface area contributed by atoms with E-state index in [1.165, 1.54) is 4.31 Å². The minimum Gasteiger partial charge on any atom is -0.395 e. The van der Waals surface area contributed by atoms with Crippen molar-refractivity contribution < 1.29 is 13.5 Å². The van der Waals surface area contributed by atoms with Crippen molar-refractivity contribution in [3.8, 4) is 0 Å². The number of hydrogen-bond donors (Lipinski definition) is 1. The second-order valence-electron chi connectivity index (χ2n) is 4.91. The fraction of sp³-hybridized carbons (Fsp3) is 1.00. The molecule has 5 heteroatoms. The molecule has 1 saturated carbocycles. The van der Waals surface area contributed by atoms with Crippen LogP contribution in [0.25, 0.3) is 0 Å². The van der Waals surface area contributed by atoms with Crippen molar-refractivity contribution in [1.29, 1.82) is 0 Å². The van der Waals surface area contributed by atoms with Gasteiger partial charge in [-0.15, -0.1) is 0 Å². The van der Waals surface area contributed by atoms with Crippen molar-refractivity contribution in [3.63, 3.8) is 0 Å². The average molecular weight is 249 g/mol. The fourth-order valence-corrected chi connectivity index (χ4v) is 3.30. The van der Waals surface area contributed by atoms with E-state index in [4.69, 9.17) is 0 Å². The number of hydrogen-bond acceptors (Lipinski definition) is 3. The van der Waals surface area contributed by atoms with Gasteiger partial charge in [0.2, 0.25) is 10.0 Å². The molecular formula is C11H23NO3S. The second-order valence-corrected chi connectivity index (χ2v) is 7.12. The van der Waals surface area contributed by atoms with Gasteiger partial charge in [-0.2, -0.15) is 4.31 Å². The quantitative estimate of drug-likeness (QED) is 0.734. The van der Waals surface area contributed by atoms with Crippen molar-refractivity contribution in [2.24, 2.45) is 11.8 Å². The van der Waals surface area contributed by atoms with Crippen molar-refractivity contribution in [2.75, 3.05) is 18.9 Å². The van der Waals surface area contributed by atoms with Crippen LogP contribution in [0.2, 0.25) is 0 Å². The molecule has 0 unspecified atom stereocenters. The molecule has 0 aliphatic heterocycles. The average Bonchev–Trinajstić information content (AvgIpc) is 3.00. The molecule has 0 amide bonds. The van der Waals surface area contributed by atoms with Crippen molar-refractivity contribution >= 4 is 10.0 Å². The van der Waals surface area contributed by atoms with E-state index in [0.717, 1.165) is 12.8 Å². The van der Waals surface area contributed by atoms with Gasteiger partial charge in [0.05, 0.1) is 18.4 Å². The molecule has 0 aromatic carbocycles. The third-order valence-corrected chi connectivity index (χ3v) is 5.05. The zero-order valence-electron chi connectivity index (χ0n) is 10.4. The predicted molar refractivity (Wildman–Crippen MR) is 64.6 cm³/mol. The molecule has 1 aliphatic carbocycles. The molecule has 0 spiro atoms. The zero-order chi connectivity index (χ0) is 12.3. The SMILES string of the molecule is CCS(=O)(=O)N(CC1CC1)[C@@H](CO)C(C)C. The molecule has 16 heavy (non-hydrogen) atoms. The number of aliphatic hydroxyl groups is 1. The lowest BCUT2D eigenvalue weighted by molar-refractivity contribution is 0.149. The zero-order valence-corrected chi connectivity index (χ0v) is 11.2. The lowest BCUT2D eigenvalue weighted by Gasteiger charge is -2.32. The topological polar surface area (TPSA) is 57.6 Å². The van der Waals surface area contributed by atoms with Gasteiger partial charge in [0.1, 0.15) is 0 Å². The number of aliphatic hydroxyl groups excluding tert-OH is 1. The highest BCUT2D eigenvalue weighted by atomic mass is 32.2. The lowest BCUT2D eigenvalue weighted by Crippen LogP contribution is -2.47. The molecule has 0 aromatic heterocycles. The molecule has 1 N–H and O–H groups in total. The fourth-order valence-electron chi connectivity index (χ4n) is 1.81. The largest absolute Gasteiger partial charge is 0.395 e. The maximum Gasteiger partial charge on any atom is 0.214 e. The maximum atomic E-state index is 12.0. The third-order valence-electron chi connectivity index (χ3n) is 3.18. The minimum absolute atomic E-state index is 0.0936. The highest BCUT2D eigenvalue weighted by Gasteiger charge is 2.35. The monoisotopic (exact) mass is 249 g/mol. The number of rotatable bonds is 7. The summed E-state index contributed by atoms with van der Waals surface area (Å²) in [6, 6.07) is -0.273. The van der Waals surface area contributed by atoms with E-state index in [-0.39, 0.29) is 24.3 Å². The summed E-state index contributed by atoms with van der Waals surface area (Å²) in [5, 5.41) is 9.35. The Balaban J connectivity index is 2.83. The van der Waals surface area contributed by atoms with E-state index in [2.05, 4.69) is 0 Å². The Kier molecular flexibility index (Phi) is 4.76. The first kappa shape index (κ1) is 13.9. The molecule has 1 aliphatic rings. The predicted octanol–water partition coefficient (Wildman–Crippen LogP) is 1.06. The molecule has 0 radical (unpaired) electrons. The van der Waals surface area contributed by atoms with Crippen molar-refractivity contribution in [3.05, 3.63) is 0 Å². The van der Waals surface area contributed by atoms with Crippen LogP contribution in [0.1, 0.15) is 33.6 Å². The van der Waals surface area contributed by atoms with Gasteiger partial charge in [-0.1, -0.05) is 13.8 Å². The second kappa shape index (κ2) is 5.47. The van der Waals surface area contributed by atoms with Crippen LogP contribution < -0.4 is 0 Å². The summed E-state index contributed by atoms with van der Waals surface area (Å²) in [5.41, 5.74) is 0. The van der Waals surface area contributed by atoms with Crippen LogP contribution in [0.5, 0.6) is 0 Å². The Hall–Kier alpha value is -0.130. The Morgan fingerprint density at radius 2 is 1.94 bits per heavy atom. The van der Waals surface area contributed by atoms with E-state index in [1.807, 2.05) is 13.8 Å². The Morgan fingerprint density at radius 3 is 2.25 bits per heavy atom. The summed E-state index contributed by atoms with van der Waals surface area (Å²) >= 11 is 0. The van der Waals surface area contributed by atoms with Crippen LogP contribution in [-0.2, 0) is 10.0 Å². The van der Waals surface area contributed by atoms with Crippen LogP contribution in [0, 0.1) is 11.8 Å². The van der Waals surface area contributed by atoms with Gasteiger partial charge in [0.15, 0.2) is 0 Å². The van der Waals surface area contributed by atoms with Gasteiger partial charge >= 0.3 is 0 Å². The molecule has 1 rings (SSSR count). The van der Waals surface area contributed by atoms with Crippen molar-refractivity contribution in [1.82, 2.24) is 4.31 Å². The summed E-state index contributed by atoms with van der Waals surface area (Å²) in [7, 11) is -3.20. The van der Waals surface area contributed by atoms with Gasteiger partial charge in [-0.05, 0) is 31.6 Å². The summed E-state index contributed by atoms with van der Waals surface area (Å²) in [6.45, 7) is 6.05.